The number of cyclic esters (lactones) is 1. The molecule has 0 N–H and O–H groups in total. The summed E-state index contributed by atoms with van der Waals surface area (Å²) in [7, 11) is 1.56. The maximum Gasteiger partial charge on any atom is 0.363 e. The van der Waals surface area contributed by atoms with E-state index in [2.05, 4.69) is 20.9 Å². The fourth-order valence-corrected chi connectivity index (χ4v) is 3.67. The van der Waals surface area contributed by atoms with Crippen LogP contribution in [0, 0.1) is 0 Å². The van der Waals surface area contributed by atoms with E-state index in [9.17, 15) is 4.79 Å². The molecule has 0 atom stereocenters. The van der Waals surface area contributed by atoms with Crippen LogP contribution in [0.1, 0.15) is 16.7 Å². The molecule has 3 aromatic rings. The van der Waals surface area contributed by atoms with Gasteiger partial charge in [0, 0.05) is 9.50 Å². The second-order valence-electron chi connectivity index (χ2n) is 6.64. The lowest BCUT2D eigenvalue weighted by Crippen LogP contribution is -2.05. The molecule has 1 aliphatic heterocycles. The number of rotatable bonds is 6. The minimum Gasteiger partial charge on any atom is -0.493 e. The van der Waals surface area contributed by atoms with E-state index in [0.717, 1.165) is 15.6 Å². The summed E-state index contributed by atoms with van der Waals surface area (Å²) >= 11 is 9.46. The average Bonchev–Trinajstić information content (AvgIpc) is 3.13. The topological polar surface area (TPSA) is 57.1 Å². The quantitative estimate of drug-likeness (QED) is 0.307. The van der Waals surface area contributed by atoms with Gasteiger partial charge in [-0.3, -0.25) is 0 Å². The first-order valence-electron chi connectivity index (χ1n) is 9.36. The standard InChI is InChI=1S/C24H17BrClNO4/c1-29-22-13-15(9-10-21(22)30-14-16-5-4-6-17(26)11-16)12-20-24(28)31-23(27-20)18-7-2-3-8-19(18)25/h2-13H,14H2,1H3/b20-12-. The van der Waals surface area contributed by atoms with Crippen molar-refractivity contribution in [1.29, 1.82) is 0 Å². The number of carbonyl (C=O) groups is 1. The van der Waals surface area contributed by atoms with Crippen LogP contribution in [0.15, 0.2) is 81.9 Å². The summed E-state index contributed by atoms with van der Waals surface area (Å²) in [5.74, 6) is 0.872. The molecular formula is C24H17BrClNO4. The molecule has 0 aliphatic carbocycles. The fourth-order valence-electron chi connectivity index (χ4n) is 3.00. The average molecular weight is 499 g/mol. The molecule has 0 spiro atoms. The van der Waals surface area contributed by atoms with Crippen LogP contribution < -0.4 is 9.47 Å². The predicted molar refractivity (Wildman–Crippen MR) is 124 cm³/mol. The van der Waals surface area contributed by atoms with Crippen LogP contribution in [0.25, 0.3) is 6.08 Å². The zero-order valence-corrected chi connectivity index (χ0v) is 18.8. The summed E-state index contributed by atoms with van der Waals surface area (Å²) in [4.78, 5) is 16.6. The van der Waals surface area contributed by atoms with Gasteiger partial charge in [-0.15, -0.1) is 0 Å². The van der Waals surface area contributed by atoms with Gasteiger partial charge in [0.15, 0.2) is 17.2 Å². The van der Waals surface area contributed by atoms with Crippen LogP contribution in [0.3, 0.4) is 0 Å². The molecule has 156 valence electrons. The first-order valence-corrected chi connectivity index (χ1v) is 10.5. The summed E-state index contributed by atoms with van der Waals surface area (Å²) in [5, 5.41) is 0.654. The molecule has 5 nitrogen and oxygen atoms in total. The van der Waals surface area contributed by atoms with E-state index in [4.69, 9.17) is 25.8 Å². The molecule has 3 aromatic carbocycles. The number of methoxy groups -OCH3 is 1. The molecule has 0 saturated heterocycles. The van der Waals surface area contributed by atoms with Crippen molar-refractivity contribution in [2.75, 3.05) is 7.11 Å². The summed E-state index contributed by atoms with van der Waals surface area (Å²) in [5.41, 5.74) is 2.60. The third-order valence-electron chi connectivity index (χ3n) is 4.50. The molecule has 0 unspecified atom stereocenters. The van der Waals surface area contributed by atoms with E-state index in [0.29, 0.717) is 28.7 Å². The number of halogens is 2. The zero-order valence-electron chi connectivity index (χ0n) is 16.5. The summed E-state index contributed by atoms with van der Waals surface area (Å²) < 4.78 is 17.5. The molecule has 7 heteroatoms. The molecule has 0 aromatic heterocycles. The monoisotopic (exact) mass is 497 g/mol. The lowest BCUT2D eigenvalue weighted by molar-refractivity contribution is -0.129. The normalized spacial score (nSPS) is 14.4. The van der Waals surface area contributed by atoms with Gasteiger partial charge in [0.25, 0.3) is 0 Å². The second kappa shape index (κ2) is 9.37. The van der Waals surface area contributed by atoms with E-state index in [1.807, 2.05) is 54.6 Å². The number of carbonyl (C=O) groups excluding carboxylic acids is 1. The molecule has 1 aliphatic rings. The number of esters is 1. The van der Waals surface area contributed by atoms with E-state index in [1.54, 1.807) is 25.3 Å². The van der Waals surface area contributed by atoms with Crippen molar-refractivity contribution in [2.24, 2.45) is 4.99 Å². The Morgan fingerprint density at radius 3 is 2.68 bits per heavy atom. The third-order valence-corrected chi connectivity index (χ3v) is 5.43. The van der Waals surface area contributed by atoms with E-state index < -0.39 is 5.97 Å². The molecule has 0 amide bonds. The van der Waals surface area contributed by atoms with Gasteiger partial charge in [0.05, 0.1) is 12.7 Å². The smallest absolute Gasteiger partial charge is 0.363 e. The summed E-state index contributed by atoms with van der Waals surface area (Å²) in [6.45, 7) is 0.350. The highest BCUT2D eigenvalue weighted by molar-refractivity contribution is 9.10. The molecule has 0 fully saturated rings. The molecule has 31 heavy (non-hydrogen) atoms. The van der Waals surface area contributed by atoms with Crippen molar-refractivity contribution >= 4 is 45.5 Å². The maximum atomic E-state index is 12.3. The molecule has 1 heterocycles. The first-order chi connectivity index (χ1) is 15.0. The van der Waals surface area contributed by atoms with Crippen LogP contribution >= 0.6 is 27.5 Å². The molecule has 0 saturated carbocycles. The Hall–Kier alpha value is -3.09. The Balaban J connectivity index is 1.55. The molecule has 4 rings (SSSR count). The minimum atomic E-state index is -0.508. The van der Waals surface area contributed by atoms with Crippen molar-refractivity contribution in [1.82, 2.24) is 0 Å². The highest BCUT2D eigenvalue weighted by atomic mass is 79.9. The number of aliphatic imine (C=N–C) groups is 1. The summed E-state index contributed by atoms with van der Waals surface area (Å²) in [6, 6.07) is 20.3. The fraction of sp³-hybridized carbons (Fsp3) is 0.0833. The van der Waals surface area contributed by atoms with Crippen molar-refractivity contribution < 1.29 is 19.0 Å². The van der Waals surface area contributed by atoms with Gasteiger partial charge in [-0.1, -0.05) is 41.9 Å². The van der Waals surface area contributed by atoms with Crippen LogP contribution in [0.2, 0.25) is 5.02 Å². The Bertz CT molecular complexity index is 1210. The Labute approximate surface area is 193 Å². The highest BCUT2D eigenvalue weighted by Gasteiger charge is 2.25. The SMILES string of the molecule is COc1cc(/C=C2\N=C(c3ccccc3Br)OC2=O)ccc1OCc1cccc(Cl)c1. The Kier molecular flexibility index (Phi) is 6.39. The summed E-state index contributed by atoms with van der Waals surface area (Å²) in [6.07, 6.45) is 1.65. The van der Waals surface area contributed by atoms with Gasteiger partial charge in [0.2, 0.25) is 5.90 Å². The van der Waals surface area contributed by atoms with Crippen LogP contribution in [-0.4, -0.2) is 19.0 Å². The zero-order chi connectivity index (χ0) is 21.8. The maximum absolute atomic E-state index is 12.3. The van der Waals surface area contributed by atoms with Crippen LogP contribution in [-0.2, 0) is 16.1 Å². The number of ether oxygens (including phenoxy) is 3. The van der Waals surface area contributed by atoms with Gasteiger partial charge in [-0.2, -0.15) is 0 Å². The van der Waals surface area contributed by atoms with Gasteiger partial charge in [0.1, 0.15) is 6.61 Å². The lowest BCUT2D eigenvalue weighted by Gasteiger charge is -2.11. The van der Waals surface area contributed by atoms with Gasteiger partial charge in [-0.05, 0) is 69.5 Å². The van der Waals surface area contributed by atoms with Crippen LogP contribution in [0.4, 0.5) is 0 Å². The lowest BCUT2D eigenvalue weighted by atomic mass is 10.1. The van der Waals surface area contributed by atoms with Gasteiger partial charge < -0.3 is 14.2 Å². The Morgan fingerprint density at radius 2 is 1.90 bits per heavy atom. The number of benzene rings is 3. The first kappa shape index (κ1) is 21.2. The van der Waals surface area contributed by atoms with Crippen molar-refractivity contribution in [3.8, 4) is 11.5 Å². The van der Waals surface area contributed by atoms with Crippen LogP contribution in [0.5, 0.6) is 11.5 Å². The van der Waals surface area contributed by atoms with E-state index >= 15 is 0 Å². The largest absolute Gasteiger partial charge is 0.493 e. The molecule has 0 bridgehead atoms. The third kappa shape index (κ3) is 4.98. The van der Waals surface area contributed by atoms with Crippen molar-refractivity contribution in [2.45, 2.75) is 6.61 Å². The molecule has 0 radical (unpaired) electrons. The van der Waals surface area contributed by atoms with Gasteiger partial charge in [-0.25, -0.2) is 9.79 Å². The number of hydrogen-bond acceptors (Lipinski definition) is 5. The second-order valence-corrected chi connectivity index (χ2v) is 7.94. The van der Waals surface area contributed by atoms with Crippen molar-refractivity contribution in [3.05, 3.63) is 98.6 Å². The minimum absolute atomic E-state index is 0.209. The number of hydrogen-bond donors (Lipinski definition) is 0. The highest BCUT2D eigenvalue weighted by Crippen LogP contribution is 2.31. The van der Waals surface area contributed by atoms with E-state index in [-0.39, 0.29) is 11.6 Å². The van der Waals surface area contributed by atoms with E-state index in [1.165, 1.54) is 0 Å². The predicted octanol–water partition coefficient (Wildman–Crippen LogP) is 6.03. The molecular weight excluding hydrogens is 482 g/mol. The number of nitrogens with zero attached hydrogens (tertiary/aromatic N) is 1. The van der Waals surface area contributed by atoms with Gasteiger partial charge >= 0.3 is 5.97 Å². The van der Waals surface area contributed by atoms with Crippen molar-refractivity contribution in [3.63, 3.8) is 0 Å². The Morgan fingerprint density at radius 1 is 1.06 bits per heavy atom.